The van der Waals surface area contributed by atoms with Crippen molar-refractivity contribution in [3.8, 4) is 11.5 Å². The second-order valence-electron chi connectivity index (χ2n) is 12.5. The molecule has 4 aromatic carbocycles. The molecule has 1 unspecified atom stereocenters. The molecule has 6 rings (SSSR count). The third-order valence-electron chi connectivity index (χ3n) is 9.29. The molecular formula is C40H39N5O7. The predicted octanol–water partition coefficient (Wildman–Crippen LogP) is 5.02. The standard InChI is InChI=1S/C40H39N5O7/c1-44(28-15-19-30(50-3)20-16-28)38(48)34(23-26-11-7-5-8-12-26)41-36(46)33-24-35(52-43-33)37(47)42-40(25-32(40)27-13-9-6-10-14-27)39(49)45(2)29-17-21-31(51-4)22-18-29/h5-22,24,32,34H,23,25H2,1-4H3,(H,41,46)(H,42,47)/t32?,34-,40+/m0/s1. The van der Waals surface area contributed by atoms with Gasteiger partial charge in [-0.15, -0.1) is 0 Å². The van der Waals surface area contributed by atoms with E-state index in [4.69, 9.17) is 14.0 Å². The zero-order valence-corrected chi connectivity index (χ0v) is 29.2. The van der Waals surface area contributed by atoms with Gasteiger partial charge in [0.05, 0.1) is 14.2 Å². The molecule has 4 amide bonds. The summed E-state index contributed by atoms with van der Waals surface area (Å²) in [6.07, 6.45) is 0.554. The number of benzene rings is 4. The van der Waals surface area contributed by atoms with Gasteiger partial charge in [0.2, 0.25) is 11.7 Å². The molecule has 0 aliphatic heterocycles. The minimum atomic E-state index is -1.28. The maximum absolute atomic E-state index is 14.1. The first-order valence-corrected chi connectivity index (χ1v) is 16.7. The maximum Gasteiger partial charge on any atom is 0.290 e. The van der Waals surface area contributed by atoms with Crippen LogP contribution >= 0.6 is 0 Å². The normalized spacial score (nSPS) is 16.6. The molecule has 2 N–H and O–H groups in total. The number of amides is 4. The third-order valence-corrected chi connectivity index (χ3v) is 9.29. The number of hydrogen-bond acceptors (Lipinski definition) is 8. The molecule has 0 saturated heterocycles. The summed E-state index contributed by atoms with van der Waals surface area (Å²) in [6, 6.07) is 33.0. The van der Waals surface area contributed by atoms with Crippen LogP contribution in [0.1, 0.15) is 44.5 Å². The number of nitrogens with zero attached hydrogens (tertiary/aromatic N) is 3. The summed E-state index contributed by atoms with van der Waals surface area (Å²) in [5.41, 5.74) is 1.47. The van der Waals surface area contributed by atoms with Gasteiger partial charge in [0.15, 0.2) is 5.69 Å². The van der Waals surface area contributed by atoms with Crippen LogP contribution in [0.3, 0.4) is 0 Å². The van der Waals surface area contributed by atoms with Gasteiger partial charge in [0.25, 0.3) is 17.7 Å². The van der Waals surface area contributed by atoms with E-state index in [0.717, 1.165) is 11.1 Å². The van der Waals surface area contributed by atoms with Crippen molar-refractivity contribution in [2.45, 2.75) is 30.3 Å². The van der Waals surface area contributed by atoms with Crippen LogP contribution in [0, 0.1) is 0 Å². The van der Waals surface area contributed by atoms with Crippen molar-refractivity contribution in [2.75, 3.05) is 38.1 Å². The van der Waals surface area contributed by atoms with E-state index >= 15 is 0 Å². The van der Waals surface area contributed by atoms with Gasteiger partial charge in [0.1, 0.15) is 23.1 Å². The number of likely N-dealkylation sites (N-methyl/N-ethyl adjacent to an activating group) is 2. The smallest absolute Gasteiger partial charge is 0.290 e. The van der Waals surface area contributed by atoms with E-state index in [1.807, 2.05) is 60.7 Å². The van der Waals surface area contributed by atoms with E-state index in [1.165, 1.54) is 15.9 Å². The highest BCUT2D eigenvalue weighted by Crippen LogP contribution is 2.53. The minimum Gasteiger partial charge on any atom is -0.497 e. The van der Waals surface area contributed by atoms with Crippen molar-refractivity contribution < 1.29 is 33.2 Å². The summed E-state index contributed by atoms with van der Waals surface area (Å²) in [5.74, 6) is -1.38. The minimum absolute atomic E-state index is 0.199. The van der Waals surface area contributed by atoms with Gasteiger partial charge in [-0.2, -0.15) is 0 Å². The van der Waals surface area contributed by atoms with E-state index in [9.17, 15) is 19.2 Å². The van der Waals surface area contributed by atoms with Crippen LogP contribution in [0.15, 0.2) is 120 Å². The quantitative estimate of drug-likeness (QED) is 0.174. The fourth-order valence-corrected chi connectivity index (χ4v) is 6.20. The molecule has 1 saturated carbocycles. The lowest BCUT2D eigenvalue weighted by Crippen LogP contribution is -2.51. The number of methoxy groups -OCH3 is 2. The Kier molecular flexibility index (Phi) is 10.4. The van der Waals surface area contributed by atoms with Gasteiger partial charge in [0, 0.05) is 43.9 Å². The molecule has 1 aliphatic carbocycles. The van der Waals surface area contributed by atoms with Crippen molar-refractivity contribution in [1.29, 1.82) is 0 Å². The number of carbonyl (C=O) groups excluding carboxylic acids is 4. The second kappa shape index (κ2) is 15.2. The lowest BCUT2D eigenvalue weighted by atomic mass is 10.0. The number of aromatic nitrogens is 1. The Morgan fingerprint density at radius 3 is 1.92 bits per heavy atom. The van der Waals surface area contributed by atoms with E-state index < -0.39 is 23.4 Å². The lowest BCUT2D eigenvalue weighted by Gasteiger charge is -2.25. The van der Waals surface area contributed by atoms with Crippen LogP contribution < -0.4 is 29.9 Å². The second-order valence-corrected chi connectivity index (χ2v) is 12.5. The van der Waals surface area contributed by atoms with Crippen molar-refractivity contribution in [3.05, 3.63) is 138 Å². The predicted molar refractivity (Wildman–Crippen MR) is 195 cm³/mol. The van der Waals surface area contributed by atoms with Crippen LogP contribution in [-0.2, 0) is 16.0 Å². The van der Waals surface area contributed by atoms with Crippen LogP contribution in [0.2, 0.25) is 0 Å². The van der Waals surface area contributed by atoms with Gasteiger partial charge in [-0.1, -0.05) is 65.8 Å². The molecule has 1 fully saturated rings. The first-order chi connectivity index (χ1) is 25.1. The van der Waals surface area contributed by atoms with Gasteiger partial charge < -0.3 is 34.4 Å². The molecule has 52 heavy (non-hydrogen) atoms. The zero-order chi connectivity index (χ0) is 36.8. The Hall–Kier alpha value is -6.43. The molecule has 0 radical (unpaired) electrons. The van der Waals surface area contributed by atoms with Gasteiger partial charge in [-0.05, 0) is 66.1 Å². The van der Waals surface area contributed by atoms with Crippen molar-refractivity contribution in [2.24, 2.45) is 0 Å². The maximum atomic E-state index is 14.1. The van der Waals surface area contributed by atoms with E-state index in [-0.39, 0.29) is 35.6 Å². The van der Waals surface area contributed by atoms with Crippen molar-refractivity contribution in [3.63, 3.8) is 0 Å². The third kappa shape index (κ3) is 7.51. The number of nitrogens with one attached hydrogen (secondary N) is 2. The van der Waals surface area contributed by atoms with Crippen LogP contribution in [0.25, 0.3) is 0 Å². The van der Waals surface area contributed by atoms with Crippen molar-refractivity contribution >= 4 is 35.0 Å². The molecule has 5 aromatic rings. The fourth-order valence-electron chi connectivity index (χ4n) is 6.20. The van der Waals surface area contributed by atoms with Gasteiger partial charge in [-0.25, -0.2) is 0 Å². The number of carbonyl (C=O) groups is 4. The monoisotopic (exact) mass is 701 g/mol. The Balaban J connectivity index is 1.20. The van der Waals surface area contributed by atoms with Crippen LogP contribution in [0.4, 0.5) is 11.4 Å². The molecule has 12 nitrogen and oxygen atoms in total. The highest BCUT2D eigenvalue weighted by molar-refractivity contribution is 6.08. The van der Waals surface area contributed by atoms with E-state index in [2.05, 4.69) is 15.8 Å². The fraction of sp³-hybridized carbons (Fsp3) is 0.225. The summed E-state index contributed by atoms with van der Waals surface area (Å²) in [6.45, 7) is 0. The Labute approximate surface area is 301 Å². The summed E-state index contributed by atoms with van der Waals surface area (Å²) >= 11 is 0. The van der Waals surface area contributed by atoms with Crippen molar-refractivity contribution in [1.82, 2.24) is 15.8 Å². The summed E-state index contributed by atoms with van der Waals surface area (Å²) in [5, 5.41) is 9.53. The SMILES string of the molecule is COc1ccc(N(C)C(=O)[C@H](Cc2ccccc2)NC(=O)c2cc(C(=O)N[C@]3(C(=O)N(C)c4ccc(OC)cc4)CC3c3ccccc3)on2)cc1. The van der Waals surface area contributed by atoms with Crippen LogP contribution in [-0.4, -0.2) is 68.7 Å². The van der Waals surface area contributed by atoms with Crippen LogP contribution in [0.5, 0.6) is 11.5 Å². The van der Waals surface area contributed by atoms with E-state index in [0.29, 0.717) is 29.3 Å². The molecule has 1 aliphatic rings. The van der Waals surface area contributed by atoms with Gasteiger partial charge >= 0.3 is 0 Å². The molecule has 1 heterocycles. The largest absolute Gasteiger partial charge is 0.497 e. The first kappa shape index (κ1) is 35.4. The molecular weight excluding hydrogens is 662 g/mol. The summed E-state index contributed by atoms with van der Waals surface area (Å²) in [7, 11) is 6.39. The molecule has 266 valence electrons. The Bertz CT molecular complexity index is 2030. The molecule has 0 bridgehead atoms. The molecule has 1 aromatic heterocycles. The molecule has 3 atom stereocenters. The number of hydrogen-bond donors (Lipinski definition) is 2. The lowest BCUT2D eigenvalue weighted by molar-refractivity contribution is -0.121. The Morgan fingerprint density at radius 1 is 0.788 bits per heavy atom. The number of rotatable bonds is 13. The van der Waals surface area contributed by atoms with E-state index in [1.54, 1.807) is 76.8 Å². The average molecular weight is 702 g/mol. The molecule has 0 spiro atoms. The Morgan fingerprint density at radius 2 is 1.35 bits per heavy atom. The molecule has 12 heteroatoms. The highest BCUT2D eigenvalue weighted by atomic mass is 16.5. The zero-order valence-electron chi connectivity index (χ0n) is 29.2. The first-order valence-electron chi connectivity index (χ1n) is 16.7. The highest BCUT2D eigenvalue weighted by Gasteiger charge is 2.63. The number of anilines is 2. The summed E-state index contributed by atoms with van der Waals surface area (Å²) < 4.78 is 15.8. The average Bonchev–Trinajstić information content (AvgIpc) is 3.69. The number of ether oxygens (including phenoxy) is 2. The summed E-state index contributed by atoms with van der Waals surface area (Å²) in [4.78, 5) is 58.1. The topological polar surface area (TPSA) is 143 Å². The van der Waals surface area contributed by atoms with Gasteiger partial charge in [-0.3, -0.25) is 19.2 Å².